The third-order valence-corrected chi connectivity index (χ3v) is 6.22. The lowest BCUT2D eigenvalue weighted by Gasteiger charge is -2.35. The van der Waals surface area contributed by atoms with Crippen LogP contribution < -0.4 is 10.2 Å². The minimum atomic E-state index is -0.00208. The fraction of sp³-hybridized carbons (Fsp3) is 0.148. The zero-order valence-corrected chi connectivity index (χ0v) is 19.4. The molecular formula is C27H23N7O2. The fourth-order valence-corrected chi connectivity index (χ4v) is 4.32. The standard InChI is InChI=1S/C27H23N7O2/c35-27(20-9-10-22-21(18-20)26(36-32-22)19-6-2-1-3-7-19)34-16-14-33(15-17-34)25-12-11-24(30-31-25)29-23-8-4-5-13-28-23/h1-13,18H,14-17H2,(H,28,29,30). The van der Waals surface area contributed by atoms with Crippen LogP contribution in [0.4, 0.5) is 17.5 Å². The Morgan fingerprint density at radius 1 is 0.833 bits per heavy atom. The third-order valence-electron chi connectivity index (χ3n) is 6.22. The number of nitrogens with one attached hydrogen (secondary N) is 1. The van der Waals surface area contributed by atoms with E-state index in [1.54, 1.807) is 6.20 Å². The molecule has 1 saturated heterocycles. The number of nitrogens with zero attached hydrogens (tertiary/aromatic N) is 6. The molecule has 36 heavy (non-hydrogen) atoms. The summed E-state index contributed by atoms with van der Waals surface area (Å²) < 4.78 is 5.58. The molecule has 0 saturated carbocycles. The lowest BCUT2D eigenvalue weighted by atomic mass is 10.1. The number of carbonyl (C=O) groups excluding carboxylic acids is 1. The topological polar surface area (TPSA) is 100 Å². The number of amides is 1. The van der Waals surface area contributed by atoms with E-state index < -0.39 is 0 Å². The molecule has 4 heterocycles. The van der Waals surface area contributed by atoms with Crippen molar-refractivity contribution in [2.45, 2.75) is 0 Å². The van der Waals surface area contributed by atoms with Gasteiger partial charge < -0.3 is 19.6 Å². The van der Waals surface area contributed by atoms with E-state index in [9.17, 15) is 4.79 Å². The Balaban J connectivity index is 1.12. The van der Waals surface area contributed by atoms with Crippen LogP contribution in [0.15, 0.2) is 89.6 Å². The summed E-state index contributed by atoms with van der Waals surface area (Å²) in [6.07, 6.45) is 1.72. The maximum atomic E-state index is 13.3. The molecule has 3 aromatic heterocycles. The van der Waals surface area contributed by atoms with Gasteiger partial charge in [0.25, 0.3) is 5.91 Å². The molecule has 0 bridgehead atoms. The first-order valence-electron chi connectivity index (χ1n) is 11.8. The number of anilines is 3. The van der Waals surface area contributed by atoms with Crippen molar-refractivity contribution in [1.29, 1.82) is 0 Å². The first-order valence-corrected chi connectivity index (χ1v) is 11.8. The lowest BCUT2D eigenvalue weighted by molar-refractivity contribution is 0.0746. The Kier molecular flexibility index (Phi) is 5.71. The van der Waals surface area contributed by atoms with Gasteiger partial charge in [0.05, 0.1) is 5.39 Å². The van der Waals surface area contributed by atoms with Crippen molar-refractivity contribution in [2.24, 2.45) is 0 Å². The maximum absolute atomic E-state index is 13.3. The minimum Gasteiger partial charge on any atom is -0.355 e. The van der Waals surface area contributed by atoms with E-state index in [-0.39, 0.29) is 5.91 Å². The van der Waals surface area contributed by atoms with Crippen molar-refractivity contribution in [1.82, 2.24) is 25.2 Å². The van der Waals surface area contributed by atoms with Crippen LogP contribution in [0.3, 0.4) is 0 Å². The molecule has 0 atom stereocenters. The first kappa shape index (κ1) is 21.7. The summed E-state index contributed by atoms with van der Waals surface area (Å²) in [5, 5.41) is 16.7. The summed E-state index contributed by atoms with van der Waals surface area (Å²) in [5.74, 6) is 2.80. The quantitative estimate of drug-likeness (QED) is 0.398. The van der Waals surface area contributed by atoms with Crippen molar-refractivity contribution >= 4 is 34.3 Å². The van der Waals surface area contributed by atoms with Crippen LogP contribution in [0.2, 0.25) is 0 Å². The van der Waals surface area contributed by atoms with E-state index in [0.29, 0.717) is 49.1 Å². The molecular weight excluding hydrogens is 454 g/mol. The predicted octanol–water partition coefficient (Wildman–Crippen LogP) is 4.39. The molecule has 2 aromatic carbocycles. The largest absolute Gasteiger partial charge is 0.355 e. The van der Waals surface area contributed by atoms with E-state index in [1.165, 1.54) is 0 Å². The third kappa shape index (κ3) is 4.34. The van der Waals surface area contributed by atoms with Crippen LogP contribution in [0, 0.1) is 0 Å². The second-order valence-electron chi connectivity index (χ2n) is 8.51. The molecule has 1 aliphatic heterocycles. The molecule has 9 heteroatoms. The summed E-state index contributed by atoms with van der Waals surface area (Å²) in [6, 6.07) is 24.8. The van der Waals surface area contributed by atoms with Crippen LogP contribution in [-0.4, -0.2) is 57.3 Å². The summed E-state index contributed by atoms with van der Waals surface area (Å²) in [4.78, 5) is 21.5. The molecule has 1 amide bonds. The molecule has 178 valence electrons. The van der Waals surface area contributed by atoms with Gasteiger partial charge in [-0.2, -0.15) is 0 Å². The monoisotopic (exact) mass is 477 g/mol. The summed E-state index contributed by atoms with van der Waals surface area (Å²) in [5.41, 5.74) is 2.29. The van der Waals surface area contributed by atoms with E-state index in [0.717, 1.165) is 22.3 Å². The maximum Gasteiger partial charge on any atom is 0.254 e. The molecule has 0 unspecified atom stereocenters. The van der Waals surface area contributed by atoms with Gasteiger partial charge in [-0.1, -0.05) is 41.6 Å². The summed E-state index contributed by atoms with van der Waals surface area (Å²) >= 11 is 0. The Morgan fingerprint density at radius 2 is 1.67 bits per heavy atom. The molecule has 9 nitrogen and oxygen atoms in total. The molecule has 6 rings (SSSR count). The van der Waals surface area contributed by atoms with Crippen LogP contribution in [0.1, 0.15) is 10.4 Å². The fourth-order valence-electron chi connectivity index (χ4n) is 4.32. The van der Waals surface area contributed by atoms with Crippen molar-refractivity contribution in [2.75, 3.05) is 36.4 Å². The molecule has 0 radical (unpaired) electrons. The highest BCUT2D eigenvalue weighted by Crippen LogP contribution is 2.29. The smallest absolute Gasteiger partial charge is 0.254 e. The van der Waals surface area contributed by atoms with Gasteiger partial charge in [-0.15, -0.1) is 10.2 Å². The number of hydrogen-bond acceptors (Lipinski definition) is 8. The van der Waals surface area contributed by atoms with Gasteiger partial charge in [0.1, 0.15) is 11.3 Å². The van der Waals surface area contributed by atoms with Crippen molar-refractivity contribution < 1.29 is 9.32 Å². The van der Waals surface area contributed by atoms with Gasteiger partial charge in [-0.05, 0) is 42.5 Å². The number of piperazine rings is 1. The Bertz CT molecular complexity index is 1480. The average Bonchev–Trinajstić information content (AvgIpc) is 3.38. The number of carbonyl (C=O) groups is 1. The van der Waals surface area contributed by atoms with Crippen LogP contribution >= 0.6 is 0 Å². The molecule has 0 aliphatic carbocycles. The van der Waals surface area contributed by atoms with Crippen molar-refractivity contribution in [3.8, 4) is 11.3 Å². The highest BCUT2D eigenvalue weighted by atomic mass is 16.5. The predicted molar refractivity (Wildman–Crippen MR) is 137 cm³/mol. The average molecular weight is 478 g/mol. The zero-order valence-electron chi connectivity index (χ0n) is 19.4. The van der Waals surface area contributed by atoms with Gasteiger partial charge in [-0.25, -0.2) is 4.98 Å². The number of hydrogen-bond donors (Lipinski definition) is 1. The number of rotatable bonds is 5. The summed E-state index contributed by atoms with van der Waals surface area (Å²) in [6.45, 7) is 2.56. The van der Waals surface area contributed by atoms with Gasteiger partial charge in [0.2, 0.25) is 0 Å². The second kappa shape index (κ2) is 9.46. The number of aromatic nitrogens is 4. The Labute approximate surface area is 207 Å². The number of fused-ring (bicyclic) bond motifs is 1. The minimum absolute atomic E-state index is 0.00208. The highest BCUT2D eigenvalue weighted by Gasteiger charge is 2.24. The SMILES string of the molecule is O=C(c1ccc2noc(-c3ccccc3)c2c1)N1CCN(c2ccc(Nc3ccccn3)nn2)CC1. The van der Waals surface area contributed by atoms with Crippen molar-refractivity contribution in [3.05, 3.63) is 90.6 Å². The second-order valence-corrected chi connectivity index (χ2v) is 8.51. The van der Waals surface area contributed by atoms with E-state index in [2.05, 4.69) is 30.6 Å². The van der Waals surface area contributed by atoms with Gasteiger partial charge in [0, 0.05) is 43.5 Å². The molecule has 1 aliphatic rings. The number of benzene rings is 2. The first-order chi connectivity index (χ1) is 17.7. The van der Waals surface area contributed by atoms with E-state index >= 15 is 0 Å². The van der Waals surface area contributed by atoms with E-state index in [1.807, 2.05) is 83.8 Å². The van der Waals surface area contributed by atoms with Crippen molar-refractivity contribution in [3.63, 3.8) is 0 Å². The normalized spacial score (nSPS) is 13.7. The van der Waals surface area contributed by atoms with Crippen LogP contribution in [0.25, 0.3) is 22.2 Å². The lowest BCUT2D eigenvalue weighted by Crippen LogP contribution is -2.49. The van der Waals surface area contributed by atoms with Gasteiger partial charge >= 0.3 is 0 Å². The van der Waals surface area contributed by atoms with Gasteiger partial charge in [0.15, 0.2) is 17.4 Å². The molecule has 1 fully saturated rings. The zero-order chi connectivity index (χ0) is 24.3. The van der Waals surface area contributed by atoms with Crippen LogP contribution in [-0.2, 0) is 0 Å². The molecule has 1 N–H and O–H groups in total. The summed E-state index contributed by atoms with van der Waals surface area (Å²) in [7, 11) is 0. The molecule has 5 aromatic rings. The van der Waals surface area contributed by atoms with Gasteiger partial charge in [-0.3, -0.25) is 4.79 Å². The van der Waals surface area contributed by atoms with E-state index in [4.69, 9.17) is 4.52 Å². The number of pyridine rings is 1. The Hall–Kier alpha value is -4.79. The Morgan fingerprint density at radius 3 is 2.42 bits per heavy atom. The highest BCUT2D eigenvalue weighted by molar-refractivity contribution is 6.01. The van der Waals surface area contributed by atoms with Crippen LogP contribution in [0.5, 0.6) is 0 Å². The molecule has 0 spiro atoms.